The van der Waals surface area contributed by atoms with Crippen LogP contribution in [0.5, 0.6) is 11.5 Å². The minimum absolute atomic E-state index is 0.0472. The Bertz CT molecular complexity index is 907. The van der Waals surface area contributed by atoms with Crippen LogP contribution in [-0.2, 0) is 15.4 Å². The number of aromatic hydroxyl groups is 1. The molecule has 2 aromatic carbocycles. The number of hydrogen-bond donors (Lipinski definition) is 3. The number of phenolic OH excluding ortho intramolecular Hbond substituents is 1. The van der Waals surface area contributed by atoms with E-state index in [-0.39, 0.29) is 28.9 Å². The van der Waals surface area contributed by atoms with Crippen molar-refractivity contribution in [1.82, 2.24) is 4.72 Å². The lowest BCUT2D eigenvalue weighted by molar-refractivity contribution is 0.111. The summed E-state index contributed by atoms with van der Waals surface area (Å²) in [4.78, 5) is 0. The van der Waals surface area contributed by atoms with Crippen molar-refractivity contribution < 1.29 is 23.4 Å². The van der Waals surface area contributed by atoms with E-state index in [0.717, 1.165) is 17.4 Å². The van der Waals surface area contributed by atoms with Crippen LogP contribution in [-0.4, -0.2) is 44.1 Å². The molecule has 0 bridgehead atoms. The highest BCUT2D eigenvalue weighted by Gasteiger charge is 2.25. The number of nitrogens with one attached hydrogen (secondary N) is 1. The summed E-state index contributed by atoms with van der Waals surface area (Å²) in [5.41, 5.74) is 1.38. The fraction of sp³-hybridized carbons (Fsp3) is 0.368. The van der Waals surface area contributed by atoms with E-state index in [9.17, 15) is 18.6 Å². The van der Waals surface area contributed by atoms with Crippen molar-refractivity contribution in [1.29, 1.82) is 0 Å². The molecule has 1 atom stereocenters. The fourth-order valence-electron chi connectivity index (χ4n) is 2.56. The molecule has 0 saturated heterocycles. The second-order valence-electron chi connectivity index (χ2n) is 7.02. The van der Waals surface area contributed by atoms with Crippen LogP contribution in [0.3, 0.4) is 0 Å². The van der Waals surface area contributed by atoms with Gasteiger partial charge in [0.05, 0.1) is 16.3 Å². The van der Waals surface area contributed by atoms with Gasteiger partial charge in [0.25, 0.3) is 0 Å². The van der Waals surface area contributed by atoms with Gasteiger partial charge in [-0.1, -0.05) is 49.2 Å². The number of rotatable bonds is 8. The van der Waals surface area contributed by atoms with Crippen LogP contribution in [0.15, 0.2) is 36.4 Å². The number of ether oxygens (including phenoxy) is 1. The summed E-state index contributed by atoms with van der Waals surface area (Å²) in [6.07, 6.45) is 0.0577. The van der Waals surface area contributed by atoms with E-state index in [1.807, 2.05) is 26.0 Å². The molecular formula is C19H23Cl2NO5S. The predicted molar refractivity (Wildman–Crippen MR) is 111 cm³/mol. The second-order valence-corrected chi connectivity index (χ2v) is 9.67. The Morgan fingerprint density at radius 2 is 1.64 bits per heavy atom. The molecule has 0 aliphatic heterocycles. The third kappa shape index (κ3) is 5.99. The van der Waals surface area contributed by atoms with E-state index < -0.39 is 21.5 Å². The molecule has 0 saturated carbocycles. The van der Waals surface area contributed by atoms with E-state index in [0.29, 0.717) is 5.75 Å². The van der Waals surface area contributed by atoms with E-state index >= 15 is 0 Å². The zero-order chi connectivity index (χ0) is 21.1. The van der Waals surface area contributed by atoms with Crippen LogP contribution in [0.2, 0.25) is 10.0 Å². The molecular weight excluding hydrogens is 425 g/mol. The largest absolute Gasteiger partial charge is 0.505 e. The van der Waals surface area contributed by atoms with Gasteiger partial charge in [-0.3, -0.25) is 0 Å². The number of sulfonamides is 1. The van der Waals surface area contributed by atoms with Gasteiger partial charge in [-0.25, -0.2) is 13.1 Å². The zero-order valence-electron chi connectivity index (χ0n) is 15.7. The van der Waals surface area contributed by atoms with Gasteiger partial charge in [-0.15, -0.1) is 0 Å². The number of benzene rings is 2. The molecule has 0 amide bonds. The van der Waals surface area contributed by atoms with Crippen molar-refractivity contribution in [2.75, 3.05) is 19.4 Å². The van der Waals surface area contributed by atoms with E-state index in [4.69, 9.17) is 27.9 Å². The van der Waals surface area contributed by atoms with Crippen molar-refractivity contribution >= 4 is 33.2 Å². The molecule has 0 aliphatic carbocycles. The minimum atomic E-state index is -3.36. The minimum Gasteiger partial charge on any atom is -0.505 e. The molecule has 9 heteroatoms. The molecule has 28 heavy (non-hydrogen) atoms. The van der Waals surface area contributed by atoms with Crippen molar-refractivity contribution in [3.05, 3.63) is 57.6 Å². The van der Waals surface area contributed by atoms with Gasteiger partial charge in [0.15, 0.2) is 5.75 Å². The molecule has 0 aliphatic rings. The Labute approximate surface area is 175 Å². The molecule has 6 nitrogen and oxygen atoms in total. The Balaban J connectivity index is 2.07. The number of aliphatic hydroxyl groups is 1. The Kier molecular flexibility index (Phi) is 7.22. The molecule has 2 aromatic rings. The van der Waals surface area contributed by atoms with Crippen LogP contribution in [0.25, 0.3) is 0 Å². The van der Waals surface area contributed by atoms with Crippen LogP contribution < -0.4 is 9.46 Å². The average molecular weight is 448 g/mol. The maximum absolute atomic E-state index is 11.0. The smallest absolute Gasteiger partial charge is 0.208 e. The standard InChI is InChI=1S/C19H23Cl2NO5S/c1-19(2,13-8-16(20)18(24)17(21)9-13)12-4-6-15(7-5-12)27-11-14(23)10-22-28(3,25)26/h4-9,14,22-24H,10-11H2,1-3H3/t14-/m1/s1. The van der Waals surface area contributed by atoms with Crippen molar-refractivity contribution in [3.8, 4) is 11.5 Å². The summed E-state index contributed by atoms with van der Waals surface area (Å²) in [5, 5.41) is 19.9. The summed E-state index contributed by atoms with van der Waals surface area (Å²) >= 11 is 12.1. The molecule has 154 valence electrons. The second kappa shape index (κ2) is 8.88. The first-order chi connectivity index (χ1) is 12.9. The summed E-state index contributed by atoms with van der Waals surface area (Å²) in [6.45, 7) is 3.84. The average Bonchev–Trinajstić information content (AvgIpc) is 2.62. The van der Waals surface area contributed by atoms with Gasteiger partial charge >= 0.3 is 0 Å². The highest BCUT2D eigenvalue weighted by Crippen LogP contribution is 2.39. The lowest BCUT2D eigenvalue weighted by atomic mass is 9.78. The molecule has 0 aromatic heterocycles. The van der Waals surface area contributed by atoms with Crippen LogP contribution in [0.4, 0.5) is 0 Å². The molecule has 0 unspecified atom stereocenters. The Morgan fingerprint density at radius 3 is 2.14 bits per heavy atom. The van der Waals surface area contributed by atoms with Gasteiger partial charge in [-0.2, -0.15) is 0 Å². The first-order valence-electron chi connectivity index (χ1n) is 8.44. The number of hydrogen-bond acceptors (Lipinski definition) is 5. The van der Waals surface area contributed by atoms with Crippen LogP contribution in [0.1, 0.15) is 25.0 Å². The molecule has 3 N–H and O–H groups in total. The van der Waals surface area contributed by atoms with Gasteiger partial charge in [-0.05, 0) is 35.4 Å². The monoisotopic (exact) mass is 447 g/mol. The predicted octanol–water partition coefficient (Wildman–Crippen LogP) is 3.31. The third-order valence-electron chi connectivity index (χ3n) is 4.34. The first-order valence-corrected chi connectivity index (χ1v) is 11.1. The van der Waals surface area contributed by atoms with E-state index in [1.54, 1.807) is 24.3 Å². The lowest BCUT2D eigenvalue weighted by Crippen LogP contribution is -2.34. The fourth-order valence-corrected chi connectivity index (χ4v) is 3.54. The van der Waals surface area contributed by atoms with E-state index in [2.05, 4.69) is 4.72 Å². The molecule has 0 spiro atoms. The summed E-state index contributed by atoms with van der Waals surface area (Å²) < 4.78 is 29.8. The SMILES string of the molecule is CC(C)(c1ccc(OC[C@H](O)CNS(C)(=O)=O)cc1)c1cc(Cl)c(O)c(Cl)c1. The Hall–Kier alpha value is -1.51. The molecule has 0 radical (unpaired) electrons. The normalized spacial score (nSPS) is 13.4. The molecule has 0 heterocycles. The van der Waals surface area contributed by atoms with Crippen molar-refractivity contribution in [2.45, 2.75) is 25.4 Å². The van der Waals surface area contributed by atoms with Crippen LogP contribution >= 0.6 is 23.2 Å². The van der Waals surface area contributed by atoms with Crippen molar-refractivity contribution in [3.63, 3.8) is 0 Å². The maximum Gasteiger partial charge on any atom is 0.208 e. The highest BCUT2D eigenvalue weighted by atomic mass is 35.5. The quantitative estimate of drug-likeness (QED) is 0.576. The van der Waals surface area contributed by atoms with Crippen LogP contribution in [0, 0.1) is 0 Å². The topological polar surface area (TPSA) is 95.9 Å². The van der Waals surface area contributed by atoms with Crippen molar-refractivity contribution in [2.24, 2.45) is 0 Å². The lowest BCUT2D eigenvalue weighted by Gasteiger charge is -2.27. The maximum atomic E-state index is 11.0. The van der Waals surface area contributed by atoms with Gasteiger partial charge in [0, 0.05) is 12.0 Å². The first kappa shape index (κ1) is 22.8. The summed E-state index contributed by atoms with van der Waals surface area (Å²) in [5.74, 6) is 0.398. The number of phenols is 1. The van der Waals surface area contributed by atoms with E-state index in [1.165, 1.54) is 0 Å². The number of aliphatic hydroxyl groups excluding tert-OH is 1. The van der Waals surface area contributed by atoms with Gasteiger partial charge < -0.3 is 14.9 Å². The molecule has 2 rings (SSSR count). The summed E-state index contributed by atoms with van der Waals surface area (Å²) in [7, 11) is -3.36. The Morgan fingerprint density at radius 1 is 1.11 bits per heavy atom. The summed E-state index contributed by atoms with van der Waals surface area (Å²) in [6, 6.07) is 10.6. The van der Waals surface area contributed by atoms with Gasteiger partial charge in [0.1, 0.15) is 18.5 Å². The van der Waals surface area contributed by atoms with Gasteiger partial charge in [0.2, 0.25) is 10.0 Å². The number of halogens is 2. The highest BCUT2D eigenvalue weighted by molar-refractivity contribution is 7.88. The zero-order valence-corrected chi connectivity index (χ0v) is 18.1. The third-order valence-corrected chi connectivity index (χ3v) is 5.61. The molecule has 0 fully saturated rings.